The molecule has 0 amide bonds. The van der Waals surface area contributed by atoms with E-state index >= 15 is 0 Å². The van der Waals surface area contributed by atoms with Gasteiger partial charge in [0.2, 0.25) is 0 Å². The Morgan fingerprint density at radius 2 is 2.08 bits per heavy atom. The fourth-order valence-corrected chi connectivity index (χ4v) is 3.43. The monoisotopic (exact) mass is 329 g/mol. The van der Waals surface area contributed by atoms with Crippen molar-refractivity contribution in [2.75, 3.05) is 25.0 Å². The van der Waals surface area contributed by atoms with Crippen molar-refractivity contribution in [3.05, 3.63) is 23.8 Å². The molecular weight excluding hydrogens is 298 g/mol. The summed E-state index contributed by atoms with van der Waals surface area (Å²) in [5, 5.41) is 6.74. The fourth-order valence-electron chi connectivity index (χ4n) is 3.43. The van der Waals surface area contributed by atoms with Crippen molar-refractivity contribution < 1.29 is 4.42 Å². The number of oxazole rings is 1. The van der Waals surface area contributed by atoms with Crippen molar-refractivity contribution in [3.63, 3.8) is 0 Å². The smallest absolute Gasteiger partial charge is 0.295 e. The lowest BCUT2D eigenvalue weighted by atomic mass is 10.0. The van der Waals surface area contributed by atoms with E-state index < -0.39 is 0 Å². The van der Waals surface area contributed by atoms with Crippen LogP contribution in [-0.4, -0.2) is 24.6 Å². The van der Waals surface area contributed by atoms with Crippen LogP contribution in [0.3, 0.4) is 0 Å². The van der Waals surface area contributed by atoms with Crippen LogP contribution in [0.25, 0.3) is 11.1 Å². The summed E-state index contributed by atoms with van der Waals surface area (Å²) in [4.78, 5) is 4.60. The molecule has 1 aromatic carbocycles. The molecule has 1 aliphatic rings. The van der Waals surface area contributed by atoms with Crippen LogP contribution in [0.5, 0.6) is 0 Å². The maximum absolute atomic E-state index is 5.81. The molecule has 3 rings (SSSR count). The molecule has 1 saturated heterocycles. The van der Waals surface area contributed by atoms with Gasteiger partial charge in [-0.1, -0.05) is 45.1 Å². The third kappa shape index (κ3) is 4.97. The van der Waals surface area contributed by atoms with Gasteiger partial charge in [-0.3, -0.25) is 0 Å². The Morgan fingerprint density at radius 3 is 2.92 bits per heavy atom. The summed E-state index contributed by atoms with van der Waals surface area (Å²) < 4.78 is 5.81. The van der Waals surface area contributed by atoms with E-state index in [9.17, 15) is 0 Å². The average Bonchev–Trinajstić information content (AvgIpc) is 3.24. The molecule has 24 heavy (non-hydrogen) atoms. The lowest BCUT2D eigenvalue weighted by Crippen LogP contribution is -2.17. The predicted octanol–water partition coefficient (Wildman–Crippen LogP) is 4.75. The van der Waals surface area contributed by atoms with Crippen molar-refractivity contribution >= 4 is 17.1 Å². The first-order valence-corrected chi connectivity index (χ1v) is 9.69. The van der Waals surface area contributed by atoms with Crippen LogP contribution in [0.1, 0.15) is 57.4 Å². The summed E-state index contributed by atoms with van der Waals surface area (Å²) in [6.45, 7) is 5.42. The third-order valence-corrected chi connectivity index (χ3v) is 4.98. The van der Waals surface area contributed by atoms with Crippen LogP contribution in [0, 0.1) is 5.92 Å². The zero-order valence-electron chi connectivity index (χ0n) is 14.9. The lowest BCUT2D eigenvalue weighted by molar-refractivity contribution is 0.574. The van der Waals surface area contributed by atoms with Gasteiger partial charge in [-0.2, -0.15) is 4.98 Å². The molecule has 4 heteroatoms. The summed E-state index contributed by atoms with van der Waals surface area (Å²) in [6, 6.07) is 7.10. The Morgan fingerprint density at radius 1 is 1.21 bits per heavy atom. The van der Waals surface area contributed by atoms with Crippen LogP contribution in [0.2, 0.25) is 0 Å². The molecule has 0 bridgehead atoms. The Kier molecular flexibility index (Phi) is 6.53. The fraction of sp³-hybridized carbons (Fsp3) is 0.650. The minimum atomic E-state index is 0.661. The van der Waals surface area contributed by atoms with Gasteiger partial charge in [-0.25, -0.2) is 0 Å². The maximum Gasteiger partial charge on any atom is 0.295 e. The van der Waals surface area contributed by atoms with Crippen molar-refractivity contribution in [3.8, 4) is 0 Å². The van der Waals surface area contributed by atoms with E-state index in [0.29, 0.717) is 11.9 Å². The minimum Gasteiger partial charge on any atom is -0.424 e. The normalized spacial score (nSPS) is 17.6. The van der Waals surface area contributed by atoms with E-state index in [1.807, 2.05) is 0 Å². The van der Waals surface area contributed by atoms with E-state index in [2.05, 4.69) is 40.7 Å². The summed E-state index contributed by atoms with van der Waals surface area (Å²) in [6.07, 6.45) is 10.4. The van der Waals surface area contributed by atoms with Crippen LogP contribution in [0.4, 0.5) is 6.01 Å². The second kappa shape index (κ2) is 9.07. The van der Waals surface area contributed by atoms with Crippen molar-refractivity contribution in [2.45, 2.75) is 58.3 Å². The van der Waals surface area contributed by atoms with Gasteiger partial charge in [0, 0.05) is 6.54 Å². The van der Waals surface area contributed by atoms with Gasteiger partial charge in [0.05, 0.1) is 0 Å². The lowest BCUT2D eigenvalue weighted by Gasteiger charge is -2.07. The van der Waals surface area contributed by atoms with Gasteiger partial charge in [0.15, 0.2) is 5.58 Å². The van der Waals surface area contributed by atoms with Crippen LogP contribution in [0.15, 0.2) is 22.6 Å². The molecule has 0 saturated carbocycles. The number of rotatable bonds is 10. The first-order valence-electron chi connectivity index (χ1n) is 9.69. The third-order valence-electron chi connectivity index (χ3n) is 4.98. The van der Waals surface area contributed by atoms with Gasteiger partial charge < -0.3 is 15.1 Å². The molecule has 4 nitrogen and oxygen atoms in total. The molecule has 2 heterocycles. The number of nitrogens with zero attached hydrogens (tertiary/aromatic N) is 1. The molecule has 1 aromatic heterocycles. The largest absolute Gasteiger partial charge is 0.424 e. The van der Waals surface area contributed by atoms with Gasteiger partial charge >= 0.3 is 0 Å². The minimum absolute atomic E-state index is 0.661. The second-order valence-corrected chi connectivity index (χ2v) is 7.08. The number of anilines is 1. The highest BCUT2D eigenvalue weighted by Crippen LogP contribution is 2.22. The Balaban J connectivity index is 1.47. The highest BCUT2D eigenvalue weighted by Gasteiger charge is 2.15. The summed E-state index contributed by atoms with van der Waals surface area (Å²) in [7, 11) is 0. The van der Waals surface area contributed by atoms with Crippen LogP contribution < -0.4 is 10.6 Å². The molecule has 132 valence electrons. The summed E-state index contributed by atoms with van der Waals surface area (Å²) >= 11 is 0. The van der Waals surface area contributed by atoms with Gasteiger partial charge in [-0.05, 0) is 56.0 Å². The zero-order valence-corrected chi connectivity index (χ0v) is 14.9. The molecular formula is C20H31N3O. The van der Waals surface area contributed by atoms with E-state index in [0.717, 1.165) is 37.2 Å². The number of hydrogen-bond donors (Lipinski definition) is 2. The van der Waals surface area contributed by atoms with Gasteiger partial charge in [0.1, 0.15) is 5.52 Å². The molecule has 0 aliphatic carbocycles. The molecule has 0 radical (unpaired) electrons. The average molecular weight is 329 g/mol. The molecule has 1 atom stereocenters. The van der Waals surface area contributed by atoms with Crippen LogP contribution in [-0.2, 0) is 6.42 Å². The highest BCUT2D eigenvalue weighted by molar-refractivity contribution is 5.75. The van der Waals surface area contributed by atoms with Crippen molar-refractivity contribution in [1.29, 1.82) is 0 Å². The maximum atomic E-state index is 5.81. The zero-order chi connectivity index (χ0) is 16.6. The predicted molar refractivity (Wildman–Crippen MR) is 101 cm³/mol. The van der Waals surface area contributed by atoms with Crippen LogP contribution >= 0.6 is 0 Å². The molecule has 0 spiro atoms. The van der Waals surface area contributed by atoms with Crippen molar-refractivity contribution in [2.24, 2.45) is 5.92 Å². The number of unbranched alkanes of at least 4 members (excludes halogenated alkanes) is 5. The number of fused-ring (bicyclic) bond motifs is 1. The van der Waals surface area contributed by atoms with Gasteiger partial charge in [0.25, 0.3) is 6.01 Å². The number of benzene rings is 1. The summed E-state index contributed by atoms with van der Waals surface area (Å²) in [5.74, 6) is 0.684. The number of nitrogens with one attached hydrogen (secondary N) is 2. The molecule has 2 aromatic rings. The second-order valence-electron chi connectivity index (χ2n) is 7.08. The topological polar surface area (TPSA) is 50.1 Å². The Hall–Kier alpha value is -1.55. The standard InChI is InChI=1S/C20H31N3O/c1-2-3-4-5-6-7-8-16-9-10-19-18(13-16)23-20(24-19)22-15-17-11-12-21-14-17/h9-10,13,17,21H,2-8,11-12,14-15H2,1H3,(H,22,23)/t17-/m0/s1. The first kappa shape index (κ1) is 17.3. The van der Waals surface area contributed by atoms with E-state index in [1.54, 1.807) is 0 Å². The SMILES string of the molecule is CCCCCCCCc1ccc2oc(NC[C@H]3CCNC3)nc2c1. The van der Waals surface area contributed by atoms with Gasteiger partial charge in [-0.15, -0.1) is 0 Å². The number of aryl methyl sites for hydroxylation is 1. The highest BCUT2D eigenvalue weighted by atomic mass is 16.4. The molecule has 1 aliphatic heterocycles. The summed E-state index contributed by atoms with van der Waals surface area (Å²) in [5.41, 5.74) is 3.23. The van der Waals surface area contributed by atoms with E-state index in [-0.39, 0.29) is 0 Å². The number of aromatic nitrogens is 1. The molecule has 1 fully saturated rings. The quantitative estimate of drug-likeness (QED) is 0.617. The number of hydrogen-bond acceptors (Lipinski definition) is 4. The molecule has 0 unspecified atom stereocenters. The Bertz CT molecular complexity index is 616. The van der Waals surface area contributed by atoms with Crippen molar-refractivity contribution in [1.82, 2.24) is 10.3 Å². The molecule has 2 N–H and O–H groups in total. The first-order chi connectivity index (χ1) is 11.8. The van der Waals surface area contributed by atoms with E-state index in [4.69, 9.17) is 4.42 Å². The Labute approximate surface area is 145 Å². The van der Waals surface area contributed by atoms with E-state index in [1.165, 1.54) is 50.5 Å².